The maximum atomic E-state index is 11.2. The molecular weight excluding hydrogens is 200 g/mol. The van der Waals surface area contributed by atoms with Crippen LogP contribution in [-0.2, 0) is 4.74 Å². The number of aliphatic hydroxyl groups excluding tert-OH is 1. The standard InChI is InChI=1S/C10H14O3S/c1-3-7(6-11)8-4-5-9(14-8)10(12)13-2/h4-5,7,11H,3,6H2,1-2H3/t7-/m1/s1. The van der Waals surface area contributed by atoms with E-state index in [4.69, 9.17) is 5.11 Å². The number of rotatable bonds is 4. The second-order valence-corrected chi connectivity index (χ2v) is 4.10. The Morgan fingerprint density at radius 1 is 1.64 bits per heavy atom. The minimum atomic E-state index is -0.311. The molecule has 1 N–H and O–H groups in total. The highest BCUT2D eigenvalue weighted by Crippen LogP contribution is 2.27. The molecule has 3 nitrogen and oxygen atoms in total. The van der Waals surface area contributed by atoms with Crippen LogP contribution in [0.2, 0.25) is 0 Å². The van der Waals surface area contributed by atoms with Crippen molar-refractivity contribution < 1.29 is 14.6 Å². The summed E-state index contributed by atoms with van der Waals surface area (Å²) in [7, 11) is 1.37. The van der Waals surface area contributed by atoms with E-state index in [1.807, 2.05) is 13.0 Å². The van der Waals surface area contributed by atoms with Gasteiger partial charge in [0.05, 0.1) is 13.7 Å². The summed E-state index contributed by atoms with van der Waals surface area (Å²) in [6, 6.07) is 3.62. The first-order valence-electron chi connectivity index (χ1n) is 4.51. The minimum absolute atomic E-state index is 0.123. The highest BCUT2D eigenvalue weighted by molar-refractivity contribution is 7.14. The summed E-state index contributed by atoms with van der Waals surface area (Å²) in [6.45, 7) is 2.13. The van der Waals surface area contributed by atoms with Crippen molar-refractivity contribution >= 4 is 17.3 Å². The lowest BCUT2D eigenvalue weighted by molar-refractivity contribution is 0.0606. The molecule has 0 unspecified atom stereocenters. The molecule has 0 fully saturated rings. The molecule has 1 aromatic heterocycles. The maximum Gasteiger partial charge on any atom is 0.348 e. The predicted octanol–water partition coefficient (Wildman–Crippen LogP) is 2.02. The van der Waals surface area contributed by atoms with Crippen molar-refractivity contribution in [3.63, 3.8) is 0 Å². The average molecular weight is 214 g/mol. The molecule has 1 heterocycles. The number of hydrogen-bond acceptors (Lipinski definition) is 4. The molecule has 78 valence electrons. The topological polar surface area (TPSA) is 46.5 Å². The van der Waals surface area contributed by atoms with E-state index in [0.717, 1.165) is 11.3 Å². The first-order valence-corrected chi connectivity index (χ1v) is 5.33. The monoisotopic (exact) mass is 214 g/mol. The maximum absolute atomic E-state index is 11.2. The van der Waals surface area contributed by atoms with E-state index in [2.05, 4.69) is 4.74 Å². The summed E-state index contributed by atoms with van der Waals surface area (Å²) in [5.41, 5.74) is 0. The lowest BCUT2D eigenvalue weighted by Crippen LogP contribution is -2.00. The SMILES string of the molecule is CC[C@H](CO)c1ccc(C(=O)OC)s1. The van der Waals surface area contributed by atoms with Gasteiger partial charge in [-0.2, -0.15) is 0 Å². The number of hydrogen-bond donors (Lipinski definition) is 1. The van der Waals surface area contributed by atoms with Gasteiger partial charge < -0.3 is 9.84 Å². The van der Waals surface area contributed by atoms with Gasteiger partial charge >= 0.3 is 5.97 Å². The molecule has 0 saturated heterocycles. The molecule has 0 aliphatic carbocycles. The lowest BCUT2D eigenvalue weighted by Gasteiger charge is -2.07. The molecule has 1 aromatic rings. The Morgan fingerprint density at radius 2 is 2.36 bits per heavy atom. The van der Waals surface area contributed by atoms with Crippen LogP contribution in [0.1, 0.15) is 33.8 Å². The summed E-state index contributed by atoms with van der Waals surface area (Å²) >= 11 is 1.39. The van der Waals surface area contributed by atoms with Crippen molar-refractivity contribution in [3.8, 4) is 0 Å². The van der Waals surface area contributed by atoms with Gasteiger partial charge in [0, 0.05) is 10.8 Å². The van der Waals surface area contributed by atoms with E-state index in [1.165, 1.54) is 18.4 Å². The van der Waals surface area contributed by atoms with Crippen molar-refractivity contribution in [2.24, 2.45) is 0 Å². The minimum Gasteiger partial charge on any atom is -0.465 e. The fourth-order valence-corrected chi connectivity index (χ4v) is 2.30. The Morgan fingerprint density at radius 3 is 2.86 bits per heavy atom. The molecule has 0 amide bonds. The molecular formula is C10H14O3S. The number of carbonyl (C=O) groups is 1. The Labute approximate surface area is 87.3 Å². The van der Waals surface area contributed by atoms with E-state index >= 15 is 0 Å². The molecule has 0 spiro atoms. The average Bonchev–Trinajstić information content (AvgIpc) is 2.68. The summed E-state index contributed by atoms with van der Waals surface area (Å²) in [4.78, 5) is 12.8. The number of esters is 1. The Bertz CT molecular complexity index is 302. The smallest absolute Gasteiger partial charge is 0.348 e. The summed E-state index contributed by atoms with van der Waals surface area (Å²) in [5, 5.41) is 9.08. The molecule has 1 rings (SSSR count). The third kappa shape index (κ3) is 2.33. The van der Waals surface area contributed by atoms with Gasteiger partial charge in [0.25, 0.3) is 0 Å². The predicted molar refractivity (Wildman–Crippen MR) is 55.8 cm³/mol. The zero-order chi connectivity index (χ0) is 10.6. The molecule has 14 heavy (non-hydrogen) atoms. The summed E-state index contributed by atoms with van der Waals surface area (Å²) < 4.78 is 4.61. The molecule has 1 atom stereocenters. The largest absolute Gasteiger partial charge is 0.465 e. The van der Waals surface area contributed by atoms with Gasteiger partial charge in [0.1, 0.15) is 4.88 Å². The number of methoxy groups -OCH3 is 1. The van der Waals surface area contributed by atoms with Crippen molar-refractivity contribution in [2.75, 3.05) is 13.7 Å². The number of thiophene rings is 1. The van der Waals surface area contributed by atoms with Gasteiger partial charge in [0.15, 0.2) is 0 Å². The van der Waals surface area contributed by atoms with Crippen LogP contribution in [0.4, 0.5) is 0 Å². The first kappa shape index (κ1) is 11.2. The van der Waals surface area contributed by atoms with Crippen molar-refractivity contribution in [3.05, 3.63) is 21.9 Å². The fraction of sp³-hybridized carbons (Fsp3) is 0.500. The summed E-state index contributed by atoms with van der Waals surface area (Å²) in [5.74, 6) is -0.174. The molecule has 0 aliphatic heterocycles. The van der Waals surface area contributed by atoms with Gasteiger partial charge in [0.2, 0.25) is 0 Å². The number of aliphatic hydroxyl groups is 1. The normalized spacial score (nSPS) is 12.5. The number of ether oxygens (including phenoxy) is 1. The molecule has 4 heteroatoms. The van der Waals surface area contributed by atoms with Crippen LogP contribution in [0.5, 0.6) is 0 Å². The van der Waals surface area contributed by atoms with Crippen molar-refractivity contribution in [1.29, 1.82) is 0 Å². The zero-order valence-electron chi connectivity index (χ0n) is 8.32. The van der Waals surface area contributed by atoms with Gasteiger partial charge in [-0.15, -0.1) is 11.3 Å². The molecule has 0 bridgehead atoms. The van der Waals surface area contributed by atoms with Crippen LogP contribution in [0.3, 0.4) is 0 Å². The van der Waals surface area contributed by atoms with Gasteiger partial charge in [-0.1, -0.05) is 6.92 Å². The fourth-order valence-electron chi connectivity index (χ4n) is 1.20. The Hall–Kier alpha value is -0.870. The first-order chi connectivity index (χ1) is 6.72. The van der Waals surface area contributed by atoms with Crippen LogP contribution >= 0.6 is 11.3 Å². The van der Waals surface area contributed by atoms with Crippen molar-refractivity contribution in [1.82, 2.24) is 0 Å². The second-order valence-electron chi connectivity index (χ2n) is 2.98. The van der Waals surface area contributed by atoms with Crippen LogP contribution in [0, 0.1) is 0 Å². The van der Waals surface area contributed by atoms with E-state index in [1.54, 1.807) is 6.07 Å². The quantitative estimate of drug-likeness (QED) is 0.780. The van der Waals surface area contributed by atoms with Gasteiger partial charge in [-0.3, -0.25) is 0 Å². The highest BCUT2D eigenvalue weighted by atomic mass is 32.1. The molecule has 0 radical (unpaired) electrons. The third-order valence-corrected chi connectivity index (χ3v) is 3.36. The zero-order valence-corrected chi connectivity index (χ0v) is 9.13. The van der Waals surface area contributed by atoms with Crippen LogP contribution in [0.15, 0.2) is 12.1 Å². The third-order valence-electron chi connectivity index (χ3n) is 2.13. The van der Waals surface area contributed by atoms with Gasteiger partial charge in [-0.25, -0.2) is 4.79 Å². The van der Waals surface area contributed by atoms with Crippen LogP contribution in [-0.4, -0.2) is 24.8 Å². The Balaban J connectivity index is 2.81. The number of carbonyl (C=O) groups excluding carboxylic acids is 1. The van der Waals surface area contributed by atoms with Crippen LogP contribution in [0.25, 0.3) is 0 Å². The summed E-state index contributed by atoms with van der Waals surface area (Å²) in [6.07, 6.45) is 0.873. The van der Waals surface area contributed by atoms with Crippen LogP contribution < -0.4 is 0 Å². The van der Waals surface area contributed by atoms with E-state index < -0.39 is 0 Å². The molecule has 0 aliphatic rings. The highest BCUT2D eigenvalue weighted by Gasteiger charge is 2.14. The van der Waals surface area contributed by atoms with E-state index in [9.17, 15) is 4.79 Å². The molecule has 0 saturated carbocycles. The van der Waals surface area contributed by atoms with Crippen molar-refractivity contribution in [2.45, 2.75) is 19.3 Å². The van der Waals surface area contributed by atoms with E-state index in [-0.39, 0.29) is 18.5 Å². The molecule has 0 aromatic carbocycles. The van der Waals surface area contributed by atoms with E-state index in [0.29, 0.717) is 4.88 Å². The second kappa shape index (κ2) is 5.12. The van der Waals surface area contributed by atoms with Gasteiger partial charge in [-0.05, 0) is 18.6 Å². The lowest BCUT2D eigenvalue weighted by atomic mass is 10.1. The Kier molecular flexibility index (Phi) is 4.10.